The summed E-state index contributed by atoms with van der Waals surface area (Å²) in [6.07, 6.45) is 5.60. The highest BCUT2D eigenvalue weighted by Crippen LogP contribution is 2.14. The number of likely N-dealkylation sites (tertiary alicyclic amines) is 1. The molecule has 1 aromatic rings. The predicted octanol–water partition coefficient (Wildman–Crippen LogP) is 1.89. The van der Waals surface area contributed by atoms with Crippen molar-refractivity contribution in [1.82, 2.24) is 20.5 Å². The lowest BCUT2D eigenvalue weighted by molar-refractivity contribution is 0.187. The van der Waals surface area contributed by atoms with Gasteiger partial charge in [-0.05, 0) is 32.2 Å². The quantitative estimate of drug-likeness (QED) is 0.620. The molecule has 6 heteroatoms. The molecule has 2 heterocycles. The van der Waals surface area contributed by atoms with Crippen LogP contribution in [0.25, 0.3) is 0 Å². The average molecular weight is 324 g/mol. The van der Waals surface area contributed by atoms with Gasteiger partial charge >= 0.3 is 0 Å². The fraction of sp³-hybridized carbons (Fsp3) is 0.750. The minimum atomic E-state index is 0.841. The van der Waals surface area contributed by atoms with E-state index >= 15 is 0 Å². The summed E-state index contributed by atoms with van der Waals surface area (Å²) in [5.41, 5.74) is 0. The lowest BCUT2D eigenvalue weighted by Gasteiger charge is -2.30. The Balaban J connectivity index is 1.60. The summed E-state index contributed by atoms with van der Waals surface area (Å²) in [6, 6.07) is 0. The van der Waals surface area contributed by atoms with E-state index in [0.717, 1.165) is 37.9 Å². The Hall–Kier alpha value is -1.14. The number of hydrogen-bond donors (Lipinski definition) is 2. The van der Waals surface area contributed by atoms with Crippen LogP contribution in [-0.4, -0.2) is 55.6 Å². The zero-order valence-corrected chi connectivity index (χ0v) is 14.9. The fourth-order valence-corrected chi connectivity index (χ4v) is 3.63. The third-order valence-electron chi connectivity index (χ3n) is 3.99. The molecule has 0 saturated carbocycles. The van der Waals surface area contributed by atoms with E-state index < -0.39 is 0 Å². The molecule has 0 radical (unpaired) electrons. The van der Waals surface area contributed by atoms with Gasteiger partial charge in [0.05, 0.1) is 5.01 Å². The Kier molecular flexibility index (Phi) is 7.12. The summed E-state index contributed by atoms with van der Waals surface area (Å²) in [5.74, 6) is 1.73. The number of piperidine rings is 1. The van der Waals surface area contributed by atoms with Gasteiger partial charge in [0, 0.05) is 50.7 Å². The van der Waals surface area contributed by atoms with Crippen molar-refractivity contribution in [3.63, 3.8) is 0 Å². The fourth-order valence-electron chi connectivity index (χ4n) is 2.85. The third-order valence-corrected chi connectivity index (χ3v) is 4.96. The number of rotatable bonds is 6. The molecule has 0 amide bonds. The molecule has 5 nitrogen and oxygen atoms in total. The van der Waals surface area contributed by atoms with Crippen molar-refractivity contribution in [2.45, 2.75) is 33.1 Å². The summed E-state index contributed by atoms with van der Waals surface area (Å²) in [5, 5.41) is 7.95. The lowest BCUT2D eigenvalue weighted by Crippen LogP contribution is -2.44. The first-order chi connectivity index (χ1) is 10.7. The van der Waals surface area contributed by atoms with Crippen molar-refractivity contribution in [2.75, 3.05) is 39.8 Å². The van der Waals surface area contributed by atoms with Gasteiger partial charge in [-0.3, -0.25) is 4.99 Å². The van der Waals surface area contributed by atoms with Gasteiger partial charge in [-0.15, -0.1) is 11.3 Å². The SMILES string of the molecule is CN=C(NCCc1ncc(C)s1)NCCN1CCCC(C)C1. The van der Waals surface area contributed by atoms with E-state index in [0.29, 0.717) is 0 Å². The molecule has 0 aromatic carbocycles. The summed E-state index contributed by atoms with van der Waals surface area (Å²) >= 11 is 1.77. The molecule has 22 heavy (non-hydrogen) atoms. The Morgan fingerprint density at radius 1 is 1.45 bits per heavy atom. The van der Waals surface area contributed by atoms with Crippen molar-refractivity contribution in [1.29, 1.82) is 0 Å². The molecule has 0 bridgehead atoms. The normalized spacial score (nSPS) is 20.1. The van der Waals surface area contributed by atoms with Crippen LogP contribution in [0.5, 0.6) is 0 Å². The highest BCUT2D eigenvalue weighted by atomic mass is 32.1. The van der Waals surface area contributed by atoms with Crippen molar-refractivity contribution in [3.05, 3.63) is 16.1 Å². The van der Waals surface area contributed by atoms with Crippen molar-refractivity contribution >= 4 is 17.3 Å². The Labute approximate surface area is 138 Å². The van der Waals surface area contributed by atoms with E-state index in [-0.39, 0.29) is 0 Å². The van der Waals surface area contributed by atoms with Crippen LogP contribution >= 0.6 is 11.3 Å². The Bertz CT molecular complexity index is 471. The molecular formula is C16H29N5S. The van der Waals surface area contributed by atoms with Crippen molar-refractivity contribution < 1.29 is 0 Å². The highest BCUT2D eigenvalue weighted by molar-refractivity contribution is 7.11. The standard InChI is InChI=1S/C16H29N5S/c1-13-5-4-9-21(12-13)10-8-19-16(17-3)18-7-6-15-20-11-14(2)22-15/h11,13H,4-10,12H2,1-3H3,(H2,17,18,19). The van der Waals surface area contributed by atoms with Crippen molar-refractivity contribution in [2.24, 2.45) is 10.9 Å². The second-order valence-corrected chi connectivity index (χ2v) is 7.41. The second-order valence-electron chi connectivity index (χ2n) is 6.09. The molecule has 1 unspecified atom stereocenters. The predicted molar refractivity (Wildman–Crippen MR) is 94.8 cm³/mol. The Morgan fingerprint density at radius 3 is 2.95 bits per heavy atom. The molecule has 1 fully saturated rings. The van der Waals surface area contributed by atoms with Crippen LogP contribution in [0.2, 0.25) is 0 Å². The van der Waals surface area contributed by atoms with Crippen LogP contribution in [0.15, 0.2) is 11.2 Å². The largest absolute Gasteiger partial charge is 0.356 e. The van der Waals surface area contributed by atoms with E-state index in [1.165, 1.54) is 35.8 Å². The van der Waals surface area contributed by atoms with E-state index in [4.69, 9.17) is 0 Å². The van der Waals surface area contributed by atoms with Gasteiger partial charge in [-0.2, -0.15) is 0 Å². The maximum atomic E-state index is 4.38. The monoisotopic (exact) mass is 323 g/mol. The van der Waals surface area contributed by atoms with Gasteiger partial charge in [0.25, 0.3) is 0 Å². The van der Waals surface area contributed by atoms with Gasteiger partial charge in [-0.1, -0.05) is 6.92 Å². The maximum Gasteiger partial charge on any atom is 0.191 e. The molecule has 1 aliphatic rings. The molecule has 0 aliphatic carbocycles. The summed E-state index contributed by atoms with van der Waals surface area (Å²) < 4.78 is 0. The van der Waals surface area contributed by atoms with Gasteiger partial charge in [0.2, 0.25) is 0 Å². The summed E-state index contributed by atoms with van der Waals surface area (Å²) in [6.45, 7) is 9.82. The first kappa shape index (κ1) is 17.2. The number of thiazole rings is 1. The number of nitrogens with zero attached hydrogens (tertiary/aromatic N) is 3. The first-order valence-corrected chi connectivity index (χ1v) is 9.07. The van der Waals surface area contributed by atoms with Crippen molar-refractivity contribution in [3.8, 4) is 0 Å². The topological polar surface area (TPSA) is 52.6 Å². The number of aryl methyl sites for hydroxylation is 1. The summed E-state index contributed by atoms with van der Waals surface area (Å²) in [4.78, 5) is 12.5. The van der Waals surface area contributed by atoms with Crippen LogP contribution < -0.4 is 10.6 Å². The molecular weight excluding hydrogens is 294 g/mol. The third kappa shape index (κ3) is 5.93. The van der Waals surface area contributed by atoms with E-state index in [9.17, 15) is 0 Å². The molecule has 0 spiro atoms. The molecule has 1 aliphatic heterocycles. The smallest absolute Gasteiger partial charge is 0.191 e. The van der Waals surface area contributed by atoms with E-state index in [1.54, 1.807) is 11.3 Å². The number of hydrogen-bond acceptors (Lipinski definition) is 4. The van der Waals surface area contributed by atoms with Gasteiger partial charge in [-0.25, -0.2) is 4.98 Å². The molecule has 1 atom stereocenters. The van der Waals surface area contributed by atoms with Crippen LogP contribution in [0, 0.1) is 12.8 Å². The minimum absolute atomic E-state index is 0.841. The summed E-state index contributed by atoms with van der Waals surface area (Å²) in [7, 11) is 1.83. The number of aliphatic imine (C=N–C) groups is 1. The minimum Gasteiger partial charge on any atom is -0.356 e. The molecule has 1 aromatic heterocycles. The first-order valence-electron chi connectivity index (χ1n) is 8.25. The van der Waals surface area contributed by atoms with E-state index in [1.807, 2.05) is 13.2 Å². The zero-order chi connectivity index (χ0) is 15.8. The Morgan fingerprint density at radius 2 is 2.27 bits per heavy atom. The van der Waals surface area contributed by atoms with Crippen LogP contribution in [0.1, 0.15) is 29.7 Å². The average Bonchev–Trinajstić information content (AvgIpc) is 2.91. The van der Waals surface area contributed by atoms with E-state index in [2.05, 4.69) is 39.4 Å². The lowest BCUT2D eigenvalue weighted by atomic mass is 10.0. The highest BCUT2D eigenvalue weighted by Gasteiger charge is 2.15. The maximum absolute atomic E-state index is 4.38. The van der Waals surface area contributed by atoms with Crippen LogP contribution in [0.4, 0.5) is 0 Å². The number of aromatic nitrogens is 1. The van der Waals surface area contributed by atoms with Crippen LogP contribution in [-0.2, 0) is 6.42 Å². The molecule has 1 saturated heterocycles. The molecule has 2 N–H and O–H groups in total. The number of nitrogens with one attached hydrogen (secondary N) is 2. The van der Waals surface area contributed by atoms with Gasteiger partial charge < -0.3 is 15.5 Å². The number of guanidine groups is 1. The molecule has 124 valence electrons. The van der Waals surface area contributed by atoms with Crippen LogP contribution in [0.3, 0.4) is 0 Å². The van der Waals surface area contributed by atoms with Gasteiger partial charge in [0.15, 0.2) is 5.96 Å². The zero-order valence-electron chi connectivity index (χ0n) is 14.1. The second kappa shape index (κ2) is 9.10. The molecule has 2 rings (SSSR count). The van der Waals surface area contributed by atoms with Gasteiger partial charge in [0.1, 0.15) is 0 Å².